The summed E-state index contributed by atoms with van der Waals surface area (Å²) in [6.07, 6.45) is -1.71. The molecule has 1 aromatic heterocycles. The molecule has 10 heteroatoms. The molecule has 0 spiro atoms. The van der Waals surface area contributed by atoms with Gasteiger partial charge in [0, 0.05) is 44.9 Å². The molecule has 3 rings (SSSR count). The molecule has 2 saturated heterocycles. The van der Waals surface area contributed by atoms with Crippen molar-refractivity contribution >= 4 is 11.9 Å². The van der Waals surface area contributed by atoms with Gasteiger partial charge in [-0.25, -0.2) is 13.8 Å². The van der Waals surface area contributed by atoms with Crippen molar-refractivity contribution in [3.63, 3.8) is 0 Å². The first kappa shape index (κ1) is 16.8. The smallest absolute Gasteiger partial charge is 0.254 e. The molecule has 24 heavy (non-hydrogen) atoms. The van der Waals surface area contributed by atoms with Crippen molar-refractivity contribution in [3.8, 4) is 5.88 Å². The standard InChI is InChI=1S/C14H20F2N6O2/c1-24-11-2-3-17-13(20-11)21-4-6-22(7-5-21)14-18-9(12(15)16)8-10(23)19-14/h2-3,9,12,14,18H,4-8H2,1H3,(H,19,23). The molecule has 0 radical (unpaired) electrons. The van der Waals surface area contributed by atoms with Gasteiger partial charge < -0.3 is 15.0 Å². The van der Waals surface area contributed by atoms with Gasteiger partial charge in [-0.1, -0.05) is 0 Å². The van der Waals surface area contributed by atoms with Gasteiger partial charge in [0.25, 0.3) is 6.43 Å². The van der Waals surface area contributed by atoms with Gasteiger partial charge in [0.15, 0.2) is 0 Å². The van der Waals surface area contributed by atoms with Gasteiger partial charge in [0.1, 0.15) is 6.29 Å². The molecule has 2 aliphatic rings. The maximum atomic E-state index is 12.9. The number of hydrogen-bond acceptors (Lipinski definition) is 7. The van der Waals surface area contributed by atoms with E-state index in [1.807, 2.05) is 9.80 Å². The third-order valence-corrected chi connectivity index (χ3v) is 4.17. The second kappa shape index (κ2) is 7.22. The predicted octanol–water partition coefficient (Wildman–Crippen LogP) is -0.366. The number of carbonyl (C=O) groups is 1. The number of carbonyl (C=O) groups excluding carboxylic acids is 1. The monoisotopic (exact) mass is 342 g/mol. The predicted molar refractivity (Wildman–Crippen MR) is 81.8 cm³/mol. The number of methoxy groups -OCH3 is 1. The second-order valence-corrected chi connectivity index (χ2v) is 5.70. The SMILES string of the molecule is COc1ccnc(N2CCN(C3NC(=O)CC(C(F)F)N3)CC2)n1. The summed E-state index contributed by atoms with van der Waals surface area (Å²) in [5, 5.41) is 5.52. The second-order valence-electron chi connectivity index (χ2n) is 5.70. The van der Waals surface area contributed by atoms with E-state index >= 15 is 0 Å². The summed E-state index contributed by atoms with van der Waals surface area (Å²) in [5.74, 6) is 0.700. The minimum Gasteiger partial charge on any atom is -0.481 e. The fourth-order valence-corrected chi connectivity index (χ4v) is 2.85. The molecule has 8 nitrogen and oxygen atoms in total. The first-order chi connectivity index (χ1) is 11.6. The zero-order valence-corrected chi connectivity index (χ0v) is 13.3. The van der Waals surface area contributed by atoms with E-state index in [0.717, 1.165) is 0 Å². The molecule has 0 aliphatic carbocycles. The lowest BCUT2D eigenvalue weighted by molar-refractivity contribution is -0.129. The van der Waals surface area contributed by atoms with Crippen molar-refractivity contribution in [2.75, 3.05) is 38.2 Å². The van der Waals surface area contributed by atoms with E-state index in [1.54, 1.807) is 19.4 Å². The van der Waals surface area contributed by atoms with Crippen LogP contribution in [0.15, 0.2) is 12.3 Å². The molecular weight excluding hydrogens is 322 g/mol. The molecule has 3 heterocycles. The number of alkyl halides is 2. The van der Waals surface area contributed by atoms with E-state index in [4.69, 9.17) is 4.74 Å². The van der Waals surface area contributed by atoms with Crippen molar-refractivity contribution in [3.05, 3.63) is 12.3 Å². The molecule has 0 bridgehead atoms. The first-order valence-electron chi connectivity index (χ1n) is 7.76. The van der Waals surface area contributed by atoms with Crippen LogP contribution in [0, 0.1) is 0 Å². The van der Waals surface area contributed by atoms with Crippen molar-refractivity contribution in [1.29, 1.82) is 0 Å². The lowest BCUT2D eigenvalue weighted by Gasteiger charge is -2.42. The maximum Gasteiger partial charge on any atom is 0.254 e. The highest BCUT2D eigenvalue weighted by molar-refractivity contribution is 5.77. The third-order valence-electron chi connectivity index (χ3n) is 4.17. The topological polar surface area (TPSA) is 82.6 Å². The van der Waals surface area contributed by atoms with Crippen LogP contribution in [0.2, 0.25) is 0 Å². The summed E-state index contributed by atoms with van der Waals surface area (Å²) >= 11 is 0. The quantitative estimate of drug-likeness (QED) is 0.773. The maximum absolute atomic E-state index is 12.9. The third kappa shape index (κ3) is 3.70. The summed E-state index contributed by atoms with van der Waals surface area (Å²) in [6, 6.07) is 0.564. The number of piperazine rings is 1. The molecule has 1 amide bonds. The number of nitrogens with one attached hydrogen (secondary N) is 2. The van der Waals surface area contributed by atoms with Gasteiger partial charge >= 0.3 is 0 Å². The van der Waals surface area contributed by atoms with E-state index in [9.17, 15) is 13.6 Å². The minimum absolute atomic E-state index is 0.203. The zero-order chi connectivity index (χ0) is 17.1. The fraction of sp³-hybridized carbons (Fsp3) is 0.643. The number of ether oxygens (including phenoxy) is 1. The highest BCUT2D eigenvalue weighted by atomic mass is 19.3. The lowest BCUT2D eigenvalue weighted by Crippen LogP contribution is -2.67. The Hall–Kier alpha value is -2.07. The number of anilines is 1. The average molecular weight is 342 g/mol. The van der Waals surface area contributed by atoms with Crippen LogP contribution in [0.4, 0.5) is 14.7 Å². The van der Waals surface area contributed by atoms with E-state index in [1.165, 1.54) is 0 Å². The molecule has 0 saturated carbocycles. The van der Waals surface area contributed by atoms with Crippen LogP contribution in [0.25, 0.3) is 0 Å². The summed E-state index contributed by atoms with van der Waals surface area (Å²) < 4.78 is 30.9. The van der Waals surface area contributed by atoms with Crippen LogP contribution in [-0.4, -0.2) is 72.8 Å². The zero-order valence-electron chi connectivity index (χ0n) is 13.3. The van der Waals surface area contributed by atoms with Gasteiger partial charge in [-0.05, 0) is 0 Å². The Bertz CT molecular complexity index is 582. The normalized spacial score (nSPS) is 25.7. The van der Waals surface area contributed by atoms with Crippen LogP contribution in [0.5, 0.6) is 5.88 Å². The van der Waals surface area contributed by atoms with Gasteiger partial charge in [-0.2, -0.15) is 4.98 Å². The molecule has 2 atom stereocenters. The van der Waals surface area contributed by atoms with Crippen LogP contribution >= 0.6 is 0 Å². The molecule has 2 N–H and O–H groups in total. The Kier molecular flexibility index (Phi) is 5.05. The Morgan fingerprint density at radius 2 is 2.08 bits per heavy atom. The number of hydrogen-bond donors (Lipinski definition) is 2. The van der Waals surface area contributed by atoms with Gasteiger partial charge in [-0.3, -0.25) is 15.0 Å². The number of halogens is 2. The number of nitrogens with zero attached hydrogens (tertiary/aromatic N) is 4. The fourth-order valence-electron chi connectivity index (χ4n) is 2.85. The molecule has 1 aromatic rings. The average Bonchev–Trinajstić information content (AvgIpc) is 2.61. The van der Waals surface area contributed by atoms with Crippen LogP contribution in [0.3, 0.4) is 0 Å². The highest BCUT2D eigenvalue weighted by Crippen LogP contribution is 2.17. The molecule has 2 fully saturated rings. The van der Waals surface area contributed by atoms with Crippen LogP contribution in [-0.2, 0) is 4.79 Å². The van der Waals surface area contributed by atoms with Crippen molar-refractivity contribution in [1.82, 2.24) is 25.5 Å². The number of rotatable bonds is 4. The van der Waals surface area contributed by atoms with Crippen molar-refractivity contribution in [2.45, 2.75) is 25.2 Å². The van der Waals surface area contributed by atoms with E-state index in [0.29, 0.717) is 38.0 Å². The molecular formula is C14H20F2N6O2. The van der Waals surface area contributed by atoms with Crippen LogP contribution < -0.4 is 20.3 Å². The van der Waals surface area contributed by atoms with Gasteiger partial charge in [-0.15, -0.1) is 0 Å². The van der Waals surface area contributed by atoms with Gasteiger partial charge in [0.2, 0.25) is 17.7 Å². The highest BCUT2D eigenvalue weighted by Gasteiger charge is 2.35. The van der Waals surface area contributed by atoms with Gasteiger partial charge in [0.05, 0.1) is 13.2 Å². The molecule has 2 aliphatic heterocycles. The molecule has 132 valence electrons. The van der Waals surface area contributed by atoms with Crippen molar-refractivity contribution in [2.24, 2.45) is 0 Å². The van der Waals surface area contributed by atoms with E-state index in [-0.39, 0.29) is 12.3 Å². The Morgan fingerprint density at radius 1 is 1.33 bits per heavy atom. The summed E-state index contributed by atoms with van der Waals surface area (Å²) in [5.41, 5.74) is 0. The summed E-state index contributed by atoms with van der Waals surface area (Å²) in [6.45, 7) is 2.43. The lowest BCUT2D eigenvalue weighted by atomic mass is 10.1. The van der Waals surface area contributed by atoms with Crippen LogP contribution in [0.1, 0.15) is 6.42 Å². The van der Waals surface area contributed by atoms with E-state index in [2.05, 4.69) is 20.6 Å². The molecule has 2 unspecified atom stereocenters. The first-order valence-corrected chi connectivity index (χ1v) is 7.76. The number of aromatic nitrogens is 2. The summed E-state index contributed by atoms with van der Waals surface area (Å²) in [7, 11) is 1.54. The van der Waals surface area contributed by atoms with Crippen molar-refractivity contribution < 1.29 is 18.3 Å². The Morgan fingerprint density at radius 3 is 2.75 bits per heavy atom. The van der Waals surface area contributed by atoms with E-state index < -0.39 is 18.8 Å². The Balaban J connectivity index is 1.59. The minimum atomic E-state index is -2.56. The largest absolute Gasteiger partial charge is 0.481 e. The Labute approximate surface area is 138 Å². The summed E-state index contributed by atoms with van der Waals surface area (Å²) in [4.78, 5) is 24.1. The number of amides is 1. The molecule has 0 aromatic carbocycles.